The maximum Gasteiger partial charge on any atom is 0.419 e. The van der Waals surface area contributed by atoms with Crippen LogP contribution >= 0.6 is 0 Å². The van der Waals surface area contributed by atoms with Gasteiger partial charge < -0.3 is 10.1 Å². The summed E-state index contributed by atoms with van der Waals surface area (Å²) >= 11 is 0. The van der Waals surface area contributed by atoms with Gasteiger partial charge in [-0.25, -0.2) is 4.68 Å². The van der Waals surface area contributed by atoms with Crippen molar-refractivity contribution in [2.45, 2.75) is 32.5 Å². The fraction of sp³-hybridized carbons (Fsp3) is 0.389. The van der Waals surface area contributed by atoms with Gasteiger partial charge in [0.25, 0.3) is 5.56 Å². The second-order valence-corrected chi connectivity index (χ2v) is 7.15. The molecule has 0 bridgehead atoms. The van der Waals surface area contributed by atoms with E-state index >= 15 is 0 Å². The SMILES string of the molecule is CC(C)(C)n1ncc2c(=O)[nH]c(NCCOc3ccccc3C(F)(F)F)nc21. The number of hydrogen-bond donors (Lipinski definition) is 2. The largest absolute Gasteiger partial charge is 0.491 e. The Morgan fingerprint density at radius 3 is 2.61 bits per heavy atom. The van der Waals surface area contributed by atoms with Gasteiger partial charge in [-0.05, 0) is 32.9 Å². The second-order valence-electron chi connectivity index (χ2n) is 7.15. The highest BCUT2D eigenvalue weighted by atomic mass is 19.4. The molecule has 0 radical (unpaired) electrons. The zero-order chi connectivity index (χ0) is 20.5. The molecule has 0 fully saturated rings. The number of aromatic amines is 1. The van der Waals surface area contributed by atoms with Crippen molar-refractivity contribution in [3.05, 3.63) is 46.4 Å². The van der Waals surface area contributed by atoms with Gasteiger partial charge in [-0.15, -0.1) is 0 Å². The Bertz CT molecular complexity index is 1030. The summed E-state index contributed by atoms with van der Waals surface area (Å²) in [6.07, 6.45) is -3.04. The summed E-state index contributed by atoms with van der Waals surface area (Å²) in [4.78, 5) is 19.1. The van der Waals surface area contributed by atoms with Crippen molar-refractivity contribution in [3.63, 3.8) is 0 Å². The molecule has 10 heteroatoms. The lowest BCUT2D eigenvalue weighted by Gasteiger charge is -2.19. The first-order valence-electron chi connectivity index (χ1n) is 8.59. The number of hydrogen-bond acceptors (Lipinski definition) is 5. The van der Waals surface area contributed by atoms with Crippen LogP contribution in [0.5, 0.6) is 5.75 Å². The molecule has 0 aliphatic rings. The van der Waals surface area contributed by atoms with Crippen LogP contribution in [0.25, 0.3) is 11.0 Å². The Labute approximate surface area is 158 Å². The van der Waals surface area contributed by atoms with Gasteiger partial charge in [0.2, 0.25) is 5.95 Å². The first-order chi connectivity index (χ1) is 13.1. The van der Waals surface area contributed by atoms with Crippen LogP contribution in [0.4, 0.5) is 19.1 Å². The third-order valence-electron chi connectivity index (χ3n) is 3.92. The van der Waals surface area contributed by atoms with Gasteiger partial charge in [0, 0.05) is 0 Å². The number of rotatable bonds is 5. The molecule has 7 nitrogen and oxygen atoms in total. The Morgan fingerprint density at radius 2 is 1.93 bits per heavy atom. The fourth-order valence-electron chi connectivity index (χ4n) is 2.65. The van der Waals surface area contributed by atoms with E-state index in [1.807, 2.05) is 20.8 Å². The van der Waals surface area contributed by atoms with E-state index in [1.165, 1.54) is 24.4 Å². The smallest absolute Gasteiger partial charge is 0.419 e. The molecule has 0 saturated carbocycles. The van der Waals surface area contributed by atoms with Crippen LogP contribution < -0.4 is 15.6 Å². The Balaban J connectivity index is 1.71. The normalized spacial score (nSPS) is 12.4. The van der Waals surface area contributed by atoms with E-state index < -0.39 is 11.7 Å². The first-order valence-corrected chi connectivity index (χ1v) is 8.59. The molecule has 150 valence electrons. The highest BCUT2D eigenvalue weighted by molar-refractivity contribution is 5.74. The number of anilines is 1. The van der Waals surface area contributed by atoms with Crippen LogP contribution in [0.15, 0.2) is 35.3 Å². The number of nitrogens with one attached hydrogen (secondary N) is 2. The Hall–Kier alpha value is -3.04. The lowest BCUT2D eigenvalue weighted by atomic mass is 10.1. The lowest BCUT2D eigenvalue weighted by molar-refractivity contribution is -0.138. The summed E-state index contributed by atoms with van der Waals surface area (Å²) in [6, 6.07) is 5.00. The van der Waals surface area contributed by atoms with Crippen LogP contribution in [0.1, 0.15) is 26.3 Å². The Morgan fingerprint density at radius 1 is 1.21 bits per heavy atom. The maximum absolute atomic E-state index is 13.0. The summed E-state index contributed by atoms with van der Waals surface area (Å²) in [5.74, 6) is -0.0595. The number of aromatic nitrogens is 4. The van der Waals surface area contributed by atoms with E-state index in [0.717, 1.165) is 6.07 Å². The molecule has 0 saturated heterocycles. The first kappa shape index (κ1) is 19.7. The Kier molecular flexibility index (Phi) is 5.05. The van der Waals surface area contributed by atoms with E-state index in [1.54, 1.807) is 4.68 Å². The second kappa shape index (κ2) is 7.17. The number of halogens is 3. The molecule has 28 heavy (non-hydrogen) atoms. The average Bonchev–Trinajstić information content (AvgIpc) is 3.03. The van der Waals surface area contributed by atoms with Crippen molar-refractivity contribution in [2.24, 2.45) is 0 Å². The van der Waals surface area contributed by atoms with E-state index in [9.17, 15) is 18.0 Å². The van der Waals surface area contributed by atoms with Crippen LogP contribution in [-0.4, -0.2) is 32.9 Å². The summed E-state index contributed by atoms with van der Waals surface area (Å²) in [7, 11) is 0. The molecule has 1 aromatic carbocycles. The average molecular weight is 395 g/mol. The summed E-state index contributed by atoms with van der Waals surface area (Å²) in [5, 5.41) is 7.43. The van der Waals surface area contributed by atoms with Crippen molar-refractivity contribution in [1.29, 1.82) is 0 Å². The molecule has 2 N–H and O–H groups in total. The summed E-state index contributed by atoms with van der Waals surface area (Å²) in [6.45, 7) is 5.89. The van der Waals surface area contributed by atoms with Gasteiger partial charge >= 0.3 is 6.18 Å². The van der Waals surface area contributed by atoms with Gasteiger partial charge in [-0.2, -0.15) is 23.3 Å². The van der Waals surface area contributed by atoms with E-state index in [2.05, 4.69) is 20.4 Å². The predicted octanol–water partition coefficient (Wildman–Crippen LogP) is 3.38. The summed E-state index contributed by atoms with van der Waals surface area (Å²) in [5.41, 5.74) is -1.14. The van der Waals surface area contributed by atoms with Gasteiger partial charge in [-0.3, -0.25) is 9.78 Å². The highest BCUT2D eigenvalue weighted by Crippen LogP contribution is 2.35. The molecule has 0 amide bonds. The minimum absolute atomic E-state index is 0.0482. The van der Waals surface area contributed by atoms with Crippen molar-refractivity contribution < 1.29 is 17.9 Å². The fourth-order valence-corrected chi connectivity index (χ4v) is 2.65. The molecular formula is C18H20F3N5O2. The number of fused-ring (bicyclic) bond motifs is 1. The van der Waals surface area contributed by atoms with Crippen LogP contribution in [0.2, 0.25) is 0 Å². The van der Waals surface area contributed by atoms with Crippen molar-refractivity contribution in [3.8, 4) is 5.75 Å². The molecule has 3 rings (SSSR count). The van der Waals surface area contributed by atoms with Crippen LogP contribution in [-0.2, 0) is 11.7 Å². The van der Waals surface area contributed by atoms with Crippen LogP contribution in [0, 0.1) is 0 Å². The van der Waals surface area contributed by atoms with E-state index in [0.29, 0.717) is 11.0 Å². The number of para-hydroxylation sites is 1. The molecule has 0 aliphatic carbocycles. The molecule has 2 aromatic heterocycles. The molecule has 0 spiro atoms. The minimum Gasteiger partial charge on any atom is -0.491 e. The molecule has 0 unspecified atom stereocenters. The van der Waals surface area contributed by atoms with Gasteiger partial charge in [0.05, 0.1) is 23.8 Å². The third-order valence-corrected chi connectivity index (χ3v) is 3.92. The monoisotopic (exact) mass is 395 g/mol. The standard InChI is InChI=1S/C18H20F3N5O2/c1-17(2,3)26-14-11(10-23-26)15(27)25-16(24-14)22-8-9-28-13-7-5-4-6-12(13)18(19,20)21/h4-7,10H,8-9H2,1-3H3,(H2,22,24,25,27). The number of H-pyrrole nitrogens is 1. The van der Waals surface area contributed by atoms with E-state index in [-0.39, 0.29) is 35.9 Å². The zero-order valence-corrected chi connectivity index (χ0v) is 15.6. The third kappa shape index (κ3) is 4.10. The van der Waals surface area contributed by atoms with Crippen LogP contribution in [0.3, 0.4) is 0 Å². The number of alkyl halides is 3. The van der Waals surface area contributed by atoms with Gasteiger partial charge in [0.15, 0.2) is 5.65 Å². The van der Waals surface area contributed by atoms with Crippen molar-refractivity contribution in [2.75, 3.05) is 18.5 Å². The van der Waals surface area contributed by atoms with E-state index in [4.69, 9.17) is 4.74 Å². The number of nitrogens with zero attached hydrogens (tertiary/aromatic N) is 3. The molecule has 0 aliphatic heterocycles. The molecule has 2 heterocycles. The quantitative estimate of drug-likeness (QED) is 0.647. The number of benzene rings is 1. The van der Waals surface area contributed by atoms with Gasteiger partial charge in [0.1, 0.15) is 17.7 Å². The molecule has 0 atom stereocenters. The predicted molar refractivity (Wildman–Crippen MR) is 98.6 cm³/mol. The number of ether oxygens (including phenoxy) is 1. The summed E-state index contributed by atoms with van der Waals surface area (Å²) < 4.78 is 45.8. The molecule has 3 aromatic rings. The lowest BCUT2D eigenvalue weighted by Crippen LogP contribution is -2.24. The highest BCUT2D eigenvalue weighted by Gasteiger charge is 2.33. The topological polar surface area (TPSA) is 84.8 Å². The molecular weight excluding hydrogens is 375 g/mol. The minimum atomic E-state index is -4.49. The van der Waals surface area contributed by atoms with Crippen molar-refractivity contribution >= 4 is 17.0 Å². The van der Waals surface area contributed by atoms with Gasteiger partial charge in [-0.1, -0.05) is 12.1 Å². The van der Waals surface area contributed by atoms with Crippen molar-refractivity contribution in [1.82, 2.24) is 19.7 Å². The zero-order valence-electron chi connectivity index (χ0n) is 15.6. The maximum atomic E-state index is 13.0.